The first kappa shape index (κ1) is 15.9. The fourth-order valence-corrected chi connectivity index (χ4v) is 5.76. The molecule has 0 saturated heterocycles. The average Bonchev–Trinajstić information content (AvgIpc) is 2.66. The Balaban J connectivity index is 2.15. The van der Waals surface area contributed by atoms with Crippen LogP contribution in [0.5, 0.6) is 0 Å². The Bertz CT molecular complexity index is 646. The van der Waals surface area contributed by atoms with Gasteiger partial charge < -0.3 is 0 Å². The van der Waals surface area contributed by atoms with E-state index in [1.807, 2.05) is 25.1 Å². The fraction of sp³-hybridized carbons (Fsp3) is 0.556. The summed E-state index contributed by atoms with van der Waals surface area (Å²) in [4.78, 5) is 0.651. The number of hydrogen-bond donors (Lipinski definition) is 0. The Morgan fingerprint density at radius 2 is 1.73 bits per heavy atom. The molecule has 4 heteroatoms. The van der Waals surface area contributed by atoms with Crippen LogP contribution < -0.4 is 0 Å². The summed E-state index contributed by atoms with van der Waals surface area (Å²) in [5.41, 5.74) is -3.16. The summed E-state index contributed by atoms with van der Waals surface area (Å²) in [5, 5.41) is 0.789. The van der Waals surface area contributed by atoms with Crippen molar-refractivity contribution in [2.75, 3.05) is 0 Å². The first-order chi connectivity index (χ1) is 10.5. The van der Waals surface area contributed by atoms with Crippen molar-refractivity contribution in [2.24, 2.45) is 0 Å². The van der Waals surface area contributed by atoms with Crippen LogP contribution in [0.15, 0.2) is 24.3 Å². The lowest BCUT2D eigenvalue weighted by Crippen LogP contribution is -2.02. The summed E-state index contributed by atoms with van der Waals surface area (Å²) in [7, 11) is -1.71. The number of aryl methyl sites for hydroxylation is 1. The predicted octanol–water partition coefficient (Wildman–Crippen LogP) is 7.07. The lowest BCUT2D eigenvalue weighted by atomic mass is 9.98. The number of halogens is 3. The summed E-state index contributed by atoms with van der Waals surface area (Å²) in [5.74, 6) is 0.116. The maximum atomic E-state index is 13.8. The number of alkyl halides is 3. The summed E-state index contributed by atoms with van der Waals surface area (Å²) >= 11 is 0. The molecule has 0 aliphatic heterocycles. The molecule has 22 heavy (non-hydrogen) atoms. The minimum Gasteiger partial charge on any atom is -0.118 e. The van der Waals surface area contributed by atoms with Crippen molar-refractivity contribution in [3.05, 3.63) is 34.7 Å². The molecule has 0 N–H and O–H groups in total. The molecule has 3 rings (SSSR count). The second-order valence-electron chi connectivity index (χ2n) is 6.21. The van der Waals surface area contributed by atoms with Crippen LogP contribution in [-0.2, 0) is 11.9 Å². The molecule has 120 valence electrons. The Kier molecular flexibility index (Phi) is 4.49. The topological polar surface area (TPSA) is 0 Å². The van der Waals surface area contributed by atoms with Gasteiger partial charge in [-0.1, -0.05) is 38.7 Å². The number of hydrogen-bond acceptors (Lipinski definition) is 0. The second kappa shape index (κ2) is 6.23. The van der Waals surface area contributed by atoms with Crippen LogP contribution in [0.2, 0.25) is 0 Å². The molecule has 1 aliphatic carbocycles. The van der Waals surface area contributed by atoms with Crippen LogP contribution in [0, 0.1) is 0 Å². The van der Waals surface area contributed by atoms with Crippen LogP contribution in [-0.4, -0.2) is 0 Å². The highest BCUT2D eigenvalue weighted by molar-refractivity contribution is 7.38. The van der Waals surface area contributed by atoms with Gasteiger partial charge in [-0.05, 0) is 30.9 Å². The zero-order valence-corrected chi connectivity index (χ0v) is 13.7. The largest absolute Gasteiger partial charge is 0.600 e. The van der Waals surface area contributed by atoms with Crippen molar-refractivity contribution < 1.29 is 13.2 Å². The van der Waals surface area contributed by atoms with Gasteiger partial charge in [-0.3, -0.25) is 0 Å². The van der Waals surface area contributed by atoms with E-state index in [2.05, 4.69) is 0 Å². The average molecular weight is 327 g/mol. The Morgan fingerprint density at radius 3 is 2.32 bits per heavy atom. The van der Waals surface area contributed by atoms with Gasteiger partial charge in [0.25, 0.3) is 0 Å². The molecule has 1 atom stereocenters. The Labute approximate surface area is 132 Å². The number of rotatable bonds is 2. The van der Waals surface area contributed by atoms with E-state index in [1.165, 1.54) is 0 Å². The summed E-state index contributed by atoms with van der Waals surface area (Å²) in [6.45, 7) is 1.99. The maximum absolute atomic E-state index is 13.8. The molecule has 2 aromatic rings. The van der Waals surface area contributed by atoms with Gasteiger partial charge in [-0.25, -0.2) is 0 Å². The zero-order chi connectivity index (χ0) is 15.7. The van der Waals surface area contributed by atoms with E-state index in [-0.39, 0.29) is 5.92 Å². The van der Waals surface area contributed by atoms with Crippen LogP contribution in [0.3, 0.4) is 0 Å². The van der Waals surface area contributed by atoms with Crippen molar-refractivity contribution in [2.45, 2.75) is 63.3 Å². The minimum absolute atomic E-state index is 0.116. The van der Waals surface area contributed by atoms with Crippen LogP contribution in [0.25, 0.3) is 10.1 Å². The SMILES string of the molecule is CCc1ccc2cc(C3CCCCCC3)[s+](C(F)(F)F)c2c1. The molecular formula is C18H22F3S+. The van der Waals surface area contributed by atoms with Crippen molar-refractivity contribution in [1.29, 1.82) is 0 Å². The van der Waals surface area contributed by atoms with Crippen molar-refractivity contribution >= 4 is 20.6 Å². The van der Waals surface area contributed by atoms with Crippen LogP contribution >= 0.6 is 10.5 Å². The van der Waals surface area contributed by atoms with E-state index in [9.17, 15) is 13.2 Å². The quantitative estimate of drug-likeness (QED) is 0.409. The Hall–Kier alpha value is -1.03. The lowest BCUT2D eigenvalue weighted by Gasteiger charge is -2.10. The molecule has 0 amide bonds. The highest BCUT2D eigenvalue weighted by Gasteiger charge is 2.49. The van der Waals surface area contributed by atoms with Gasteiger partial charge in [0.15, 0.2) is 9.58 Å². The van der Waals surface area contributed by atoms with Crippen molar-refractivity contribution in [1.82, 2.24) is 0 Å². The van der Waals surface area contributed by atoms with E-state index in [0.29, 0.717) is 9.58 Å². The van der Waals surface area contributed by atoms with Gasteiger partial charge in [-0.15, -0.1) is 13.2 Å². The highest BCUT2D eigenvalue weighted by atomic mass is 32.2. The van der Waals surface area contributed by atoms with Crippen molar-refractivity contribution in [3.63, 3.8) is 0 Å². The van der Waals surface area contributed by atoms with Gasteiger partial charge in [0.05, 0.1) is 10.5 Å². The van der Waals surface area contributed by atoms with Crippen LogP contribution in [0.4, 0.5) is 13.2 Å². The molecule has 1 heterocycles. The molecular weight excluding hydrogens is 305 g/mol. The normalized spacial score (nSPS) is 18.6. The monoisotopic (exact) mass is 327 g/mol. The van der Waals surface area contributed by atoms with E-state index >= 15 is 0 Å². The standard InChI is InChI=1S/C18H22F3S/c1-2-13-9-10-15-12-17(14-7-5-3-4-6-8-14)22(16(15)11-13)18(19,20)21/h9-12,14H,2-8H2,1H3/q+1. The van der Waals surface area contributed by atoms with Gasteiger partial charge in [0.1, 0.15) is 0 Å². The van der Waals surface area contributed by atoms with E-state index < -0.39 is 16.0 Å². The summed E-state index contributed by atoms with van der Waals surface area (Å²) in [6, 6.07) is 7.47. The molecule has 1 unspecified atom stereocenters. The zero-order valence-electron chi connectivity index (χ0n) is 12.9. The maximum Gasteiger partial charge on any atom is 0.600 e. The first-order valence-electron chi connectivity index (χ1n) is 8.16. The Morgan fingerprint density at radius 1 is 1.05 bits per heavy atom. The summed E-state index contributed by atoms with van der Waals surface area (Å²) < 4.78 is 41.8. The van der Waals surface area contributed by atoms with Gasteiger partial charge in [0.2, 0.25) is 0 Å². The van der Waals surface area contributed by atoms with Gasteiger partial charge in [0, 0.05) is 23.4 Å². The highest BCUT2D eigenvalue weighted by Crippen LogP contribution is 2.54. The molecule has 1 aromatic heterocycles. The molecule has 1 aliphatic rings. The van der Waals surface area contributed by atoms with E-state index in [4.69, 9.17) is 0 Å². The molecule has 0 nitrogen and oxygen atoms in total. The molecule has 1 saturated carbocycles. The molecule has 1 fully saturated rings. The molecule has 1 aromatic carbocycles. The fourth-order valence-electron chi connectivity index (χ4n) is 3.54. The number of thiophene rings is 1. The lowest BCUT2D eigenvalue weighted by molar-refractivity contribution is -0.0868. The third-order valence-corrected chi connectivity index (χ3v) is 6.91. The first-order valence-corrected chi connectivity index (χ1v) is 9.39. The predicted molar refractivity (Wildman–Crippen MR) is 87.5 cm³/mol. The minimum atomic E-state index is -4.16. The third kappa shape index (κ3) is 3.03. The summed E-state index contributed by atoms with van der Waals surface area (Å²) in [6.07, 6.45) is 7.06. The van der Waals surface area contributed by atoms with Gasteiger partial charge >= 0.3 is 5.51 Å². The van der Waals surface area contributed by atoms with E-state index in [1.54, 1.807) is 6.07 Å². The smallest absolute Gasteiger partial charge is 0.118 e. The molecule has 0 radical (unpaired) electrons. The van der Waals surface area contributed by atoms with Crippen molar-refractivity contribution in [3.8, 4) is 0 Å². The van der Waals surface area contributed by atoms with Gasteiger partial charge in [-0.2, -0.15) is 0 Å². The van der Waals surface area contributed by atoms with Crippen LogP contribution in [0.1, 0.15) is 61.8 Å². The second-order valence-corrected chi connectivity index (χ2v) is 8.20. The molecule has 0 spiro atoms. The third-order valence-electron chi connectivity index (χ3n) is 4.73. The molecule has 0 bridgehead atoms. The number of benzene rings is 1. The number of fused-ring (bicyclic) bond motifs is 1. The van der Waals surface area contributed by atoms with E-state index in [0.717, 1.165) is 55.9 Å².